The predicted molar refractivity (Wildman–Crippen MR) is 151 cm³/mol. The number of amides is 2. The van der Waals surface area contributed by atoms with E-state index in [0.29, 0.717) is 0 Å². The summed E-state index contributed by atoms with van der Waals surface area (Å²) in [6.07, 6.45) is 25.1. The maximum absolute atomic E-state index is 11.6. The van der Waals surface area contributed by atoms with Crippen LogP contribution in [0.5, 0.6) is 0 Å². The summed E-state index contributed by atoms with van der Waals surface area (Å²) >= 11 is -1.40. The Morgan fingerprint density at radius 2 is 1.15 bits per heavy atom. The maximum Gasteiger partial charge on any atom is 2.00 e. The summed E-state index contributed by atoms with van der Waals surface area (Å²) in [5.74, 6) is 0. The quantitative estimate of drug-likeness (QED) is 0.196. The number of carbonyl (C=O) groups excluding carboxylic acids is 2. The second-order valence-electron chi connectivity index (χ2n) is 10.5. The average Bonchev–Trinajstić information content (AvgIpc) is 3.44. The van der Waals surface area contributed by atoms with Crippen molar-refractivity contribution in [2.75, 3.05) is 0 Å². The van der Waals surface area contributed by atoms with Crippen molar-refractivity contribution in [3.8, 4) is 0 Å². The van der Waals surface area contributed by atoms with Crippen molar-refractivity contribution >= 4 is 45.1 Å². The standard InChI is InChI=1S/2C9H13.2C4H11NOSi.Ga.Zr.H/c2*1-2-3-6-9-7-4-5-8-9;2*1-7(2,3)4(5)6;;;/h2*4,7H,2-3,5-6H2,1H3;2*1-3H3,(H2,5,6);;;/q2*-1;;;2*+2;/p-2. The fourth-order valence-electron chi connectivity index (χ4n) is 2.71. The van der Waals surface area contributed by atoms with E-state index >= 15 is 0 Å². The van der Waals surface area contributed by atoms with Crippen molar-refractivity contribution in [3.05, 3.63) is 47.6 Å². The van der Waals surface area contributed by atoms with Gasteiger partial charge in [-0.1, -0.05) is 52.4 Å². The van der Waals surface area contributed by atoms with E-state index in [1.807, 2.05) is 39.3 Å². The van der Waals surface area contributed by atoms with E-state index < -0.39 is 34.0 Å². The molecule has 188 valence electrons. The molecule has 2 N–H and O–H groups in total. The van der Waals surface area contributed by atoms with Crippen LogP contribution >= 0.6 is 0 Å². The Labute approximate surface area is 239 Å². The largest absolute Gasteiger partial charge is 2.00 e. The SMILES string of the molecule is CCCCC1=[C-]CC=C1.CCCCC1=[C-]CC=C1.C[Si](C)(C)C(=O)[NH][GaH][NH]C(=O)[Si](C)(C)C.[Zr+2]. The van der Waals surface area contributed by atoms with Crippen molar-refractivity contribution in [3.63, 3.8) is 0 Å². The van der Waals surface area contributed by atoms with Crippen LogP contribution in [-0.4, -0.2) is 45.1 Å². The summed E-state index contributed by atoms with van der Waals surface area (Å²) in [5.41, 5.74) is 3.16. The maximum atomic E-state index is 11.6. The molecule has 2 amide bonds. The fraction of sp³-hybridized carbons (Fsp3) is 0.615. The Balaban J connectivity index is 0. The number of unbranched alkanes of at least 4 members (excludes halogenated alkanes) is 2. The van der Waals surface area contributed by atoms with Crippen LogP contribution < -0.4 is 8.05 Å². The Kier molecular flexibility index (Phi) is 21.2. The summed E-state index contributed by atoms with van der Waals surface area (Å²) in [6.45, 7) is 16.5. The molecule has 0 aliphatic heterocycles. The Morgan fingerprint density at radius 1 is 0.794 bits per heavy atom. The Hall–Kier alpha value is -0.147. The third kappa shape index (κ3) is 19.1. The van der Waals surface area contributed by atoms with Crippen LogP contribution in [-0.2, 0) is 26.2 Å². The van der Waals surface area contributed by atoms with Gasteiger partial charge in [0.15, 0.2) is 0 Å². The predicted octanol–water partition coefficient (Wildman–Crippen LogP) is 7.24. The third-order valence-electron chi connectivity index (χ3n) is 4.99. The molecule has 2 aliphatic carbocycles. The van der Waals surface area contributed by atoms with E-state index in [1.54, 1.807) is 0 Å². The van der Waals surface area contributed by atoms with E-state index in [4.69, 9.17) is 0 Å². The molecule has 0 aromatic rings. The van der Waals surface area contributed by atoms with Gasteiger partial charge in [0.2, 0.25) is 0 Å². The van der Waals surface area contributed by atoms with Crippen LogP contribution in [0.15, 0.2) is 35.5 Å². The fourth-order valence-corrected chi connectivity index (χ4v) is 12.2. The zero-order valence-corrected chi connectivity index (χ0v) is 30.4. The summed E-state index contributed by atoms with van der Waals surface area (Å²) in [4.78, 5) is 23.1. The number of rotatable bonds is 10. The van der Waals surface area contributed by atoms with Gasteiger partial charge in [-0.25, -0.2) is 23.3 Å². The minimum Gasteiger partial charge on any atom is 2.00 e. The van der Waals surface area contributed by atoms with E-state index in [-0.39, 0.29) is 37.3 Å². The van der Waals surface area contributed by atoms with Gasteiger partial charge in [0, 0.05) is 0 Å². The summed E-state index contributed by atoms with van der Waals surface area (Å²) < 4.78 is 5.85. The van der Waals surface area contributed by atoms with Crippen LogP contribution in [0.1, 0.15) is 65.2 Å². The average molecular weight is 637 g/mol. The molecule has 2 rings (SSSR count). The van der Waals surface area contributed by atoms with Crippen molar-refractivity contribution in [1.82, 2.24) is 8.05 Å². The molecule has 2 aliphatic rings. The molecule has 0 heterocycles. The van der Waals surface area contributed by atoms with Crippen molar-refractivity contribution in [2.45, 2.75) is 104 Å². The van der Waals surface area contributed by atoms with Gasteiger partial charge >= 0.3 is 128 Å². The normalized spacial score (nSPS) is 13.9. The zero-order valence-electron chi connectivity index (χ0n) is 23.0. The first-order valence-corrected chi connectivity index (χ1v) is 22.5. The first kappa shape index (κ1) is 36.0. The van der Waals surface area contributed by atoms with Gasteiger partial charge in [0.25, 0.3) is 0 Å². The van der Waals surface area contributed by atoms with Gasteiger partial charge in [-0.05, 0) is 0 Å². The van der Waals surface area contributed by atoms with Gasteiger partial charge in [0.1, 0.15) is 0 Å². The summed E-state index contributed by atoms with van der Waals surface area (Å²) in [6, 6.07) is 0. The number of allylic oxidation sites excluding steroid dienone is 8. The molecule has 0 atom stereocenters. The number of hydrogen-bond donors (Lipinski definition) is 2. The minimum absolute atomic E-state index is 0. The van der Waals surface area contributed by atoms with Crippen LogP contribution in [0.2, 0.25) is 39.3 Å². The van der Waals surface area contributed by atoms with Crippen molar-refractivity contribution in [1.29, 1.82) is 0 Å². The Morgan fingerprint density at radius 3 is 1.38 bits per heavy atom. The van der Waals surface area contributed by atoms with E-state index in [1.165, 1.54) is 49.7 Å². The van der Waals surface area contributed by atoms with E-state index in [2.05, 4.69) is 58.4 Å². The molecule has 0 bridgehead atoms. The molecule has 8 heteroatoms. The molecule has 0 spiro atoms. The number of carbonyl (C=O) groups is 2. The van der Waals surface area contributed by atoms with Crippen molar-refractivity contribution in [2.24, 2.45) is 0 Å². The van der Waals surface area contributed by atoms with Crippen LogP contribution in [0.4, 0.5) is 9.59 Å². The minimum atomic E-state index is -1.72. The summed E-state index contributed by atoms with van der Waals surface area (Å²) in [7, 11) is -3.44. The molecule has 0 unspecified atom stereocenters. The molecule has 34 heavy (non-hydrogen) atoms. The second kappa shape index (κ2) is 20.0. The first-order chi connectivity index (χ1) is 15.4. The van der Waals surface area contributed by atoms with Gasteiger partial charge in [-0.3, -0.25) is 12.2 Å². The van der Waals surface area contributed by atoms with Crippen LogP contribution in [0.25, 0.3) is 0 Å². The Bertz CT molecular complexity index is 661. The molecule has 0 saturated carbocycles. The van der Waals surface area contributed by atoms with Gasteiger partial charge in [-0.2, -0.15) is 12.2 Å². The van der Waals surface area contributed by atoms with Crippen molar-refractivity contribution < 1.29 is 35.8 Å². The second-order valence-corrected chi connectivity index (χ2v) is 22.6. The molecule has 4 nitrogen and oxygen atoms in total. The molecule has 0 aromatic heterocycles. The number of hydrogen-bond acceptors (Lipinski definition) is 2. The molecule has 0 radical (unpaired) electrons. The van der Waals surface area contributed by atoms with E-state index in [0.717, 1.165) is 12.8 Å². The van der Waals surface area contributed by atoms with Crippen LogP contribution in [0.3, 0.4) is 0 Å². The molecule has 0 fully saturated rings. The monoisotopic (exact) mass is 634 g/mol. The van der Waals surface area contributed by atoms with Gasteiger partial charge in [0.05, 0.1) is 0 Å². The first-order valence-electron chi connectivity index (χ1n) is 12.5. The van der Waals surface area contributed by atoms with Gasteiger partial charge < -0.3 is 0 Å². The number of nitrogens with one attached hydrogen (secondary N) is 2. The topological polar surface area (TPSA) is 58.2 Å². The zero-order chi connectivity index (χ0) is 25.3. The molecule has 0 aromatic carbocycles. The van der Waals surface area contributed by atoms with Crippen LogP contribution in [0, 0.1) is 12.2 Å². The summed E-state index contributed by atoms with van der Waals surface area (Å²) in [5, 5.41) is 0. The molecular weight excluding hydrogens is 589 g/mol. The third-order valence-corrected chi connectivity index (χ3v) is 11.6. The van der Waals surface area contributed by atoms with E-state index in [9.17, 15) is 9.59 Å². The molecule has 0 saturated heterocycles. The smallest absolute Gasteiger partial charge is 2.00 e. The molecular formula is C26H47GaN2O2Si2Zr. The van der Waals surface area contributed by atoms with Gasteiger partial charge in [-0.15, -0.1) is 12.8 Å².